The number of hydrogen-bond donors (Lipinski definition) is 4. The summed E-state index contributed by atoms with van der Waals surface area (Å²) in [5, 5.41) is 20.3. The van der Waals surface area contributed by atoms with E-state index >= 15 is 4.39 Å². The third kappa shape index (κ3) is 6.54. The fraction of sp³-hybridized carbons (Fsp3) is 0.303. The van der Waals surface area contributed by atoms with Crippen LogP contribution in [-0.4, -0.2) is 57.8 Å². The monoisotopic (exact) mass is 583 g/mol. The lowest BCUT2D eigenvalue weighted by Gasteiger charge is -2.27. The van der Waals surface area contributed by atoms with Crippen LogP contribution in [0, 0.1) is 5.82 Å². The lowest BCUT2D eigenvalue weighted by Crippen LogP contribution is -2.54. The quantitative estimate of drug-likeness (QED) is 0.249. The second kappa shape index (κ2) is 12.3. The van der Waals surface area contributed by atoms with E-state index in [0.29, 0.717) is 35.2 Å². The number of carbonyl (C=O) groups excluding carboxylic acids is 3. The molecule has 43 heavy (non-hydrogen) atoms. The third-order valence-electron chi connectivity index (χ3n) is 7.60. The molecule has 3 heterocycles. The number of fused-ring (bicyclic) bond motifs is 1. The highest BCUT2D eigenvalue weighted by Gasteiger charge is 2.28. The molecule has 10 heteroatoms. The zero-order chi connectivity index (χ0) is 30.7. The van der Waals surface area contributed by atoms with Crippen LogP contribution in [0.3, 0.4) is 0 Å². The molecule has 1 aliphatic heterocycles. The first kappa shape index (κ1) is 29.8. The molecule has 2 atom stereocenters. The van der Waals surface area contributed by atoms with Crippen LogP contribution in [0.5, 0.6) is 5.75 Å². The van der Waals surface area contributed by atoms with Gasteiger partial charge in [-0.05, 0) is 55.8 Å². The van der Waals surface area contributed by atoms with Crippen LogP contribution in [0.2, 0.25) is 0 Å². The molecule has 1 fully saturated rings. The minimum absolute atomic E-state index is 0.00744. The molecule has 0 spiro atoms. The number of pyridine rings is 2. The van der Waals surface area contributed by atoms with Gasteiger partial charge >= 0.3 is 0 Å². The zero-order valence-corrected chi connectivity index (χ0v) is 24.3. The van der Waals surface area contributed by atoms with Crippen molar-refractivity contribution < 1.29 is 23.9 Å². The lowest BCUT2D eigenvalue weighted by molar-refractivity contribution is 0.0882. The van der Waals surface area contributed by atoms with Crippen LogP contribution in [0.25, 0.3) is 10.9 Å². The number of phenolic OH excluding ortho intramolecular Hbond substituents is 1. The maximum absolute atomic E-state index is 15.6. The molecule has 2 aromatic heterocycles. The summed E-state index contributed by atoms with van der Waals surface area (Å²) in [5.41, 5.74) is 0.740. The molecule has 1 saturated heterocycles. The number of ketones is 1. The van der Waals surface area contributed by atoms with Gasteiger partial charge in [0.15, 0.2) is 11.6 Å². The van der Waals surface area contributed by atoms with Gasteiger partial charge in [0.25, 0.3) is 11.8 Å². The minimum atomic E-state index is -0.894. The van der Waals surface area contributed by atoms with E-state index in [1.165, 1.54) is 30.3 Å². The number of halogens is 1. The van der Waals surface area contributed by atoms with Gasteiger partial charge in [-0.2, -0.15) is 0 Å². The number of phenols is 1. The van der Waals surface area contributed by atoms with Gasteiger partial charge in [-0.25, -0.2) is 9.37 Å². The normalized spacial score (nSPS) is 17.2. The Morgan fingerprint density at radius 1 is 0.907 bits per heavy atom. The molecule has 4 N–H and O–H groups in total. The molecule has 0 saturated carbocycles. The van der Waals surface area contributed by atoms with E-state index in [1.54, 1.807) is 36.7 Å². The van der Waals surface area contributed by atoms with Crippen molar-refractivity contribution in [2.45, 2.75) is 51.1 Å². The number of benzene rings is 2. The Labute approximate surface area is 248 Å². The van der Waals surface area contributed by atoms with E-state index in [1.807, 2.05) is 20.8 Å². The van der Waals surface area contributed by atoms with Crippen LogP contribution in [0.15, 0.2) is 67.0 Å². The zero-order valence-electron chi connectivity index (χ0n) is 24.3. The second-order valence-corrected chi connectivity index (χ2v) is 11.8. The Bertz CT molecular complexity index is 1670. The van der Waals surface area contributed by atoms with E-state index in [4.69, 9.17) is 0 Å². The first-order valence-electron chi connectivity index (χ1n) is 14.2. The largest absolute Gasteiger partial charge is 0.507 e. The van der Waals surface area contributed by atoms with Gasteiger partial charge in [-0.15, -0.1) is 0 Å². The van der Waals surface area contributed by atoms with Gasteiger partial charge in [0.2, 0.25) is 0 Å². The van der Waals surface area contributed by atoms with Crippen molar-refractivity contribution in [3.8, 4) is 5.75 Å². The fourth-order valence-electron chi connectivity index (χ4n) is 5.14. The minimum Gasteiger partial charge on any atom is -0.507 e. The summed E-state index contributed by atoms with van der Waals surface area (Å²) in [6.07, 6.45) is 4.56. The number of aromatic hydroxyl groups is 1. The molecule has 5 rings (SSSR count). The lowest BCUT2D eigenvalue weighted by atomic mass is 9.91. The summed E-state index contributed by atoms with van der Waals surface area (Å²) in [5.74, 6) is -2.72. The highest BCUT2D eigenvalue weighted by molar-refractivity contribution is 6.13. The van der Waals surface area contributed by atoms with Crippen molar-refractivity contribution in [2.24, 2.45) is 0 Å². The molecule has 1 aliphatic rings. The Morgan fingerprint density at radius 3 is 2.21 bits per heavy atom. The summed E-state index contributed by atoms with van der Waals surface area (Å²) < 4.78 is 15.6. The SMILES string of the molecule is CC(C)(C)c1ccc2cc(O)c(C(=O)c3ccc(C(=O)N[C@@H]4CCCNC[C@H]4NC(=O)c4ccncc4)cc3)c(F)c2n1. The number of rotatable bonds is 6. The van der Waals surface area contributed by atoms with Crippen LogP contribution >= 0.6 is 0 Å². The average molecular weight is 584 g/mol. The van der Waals surface area contributed by atoms with Crippen molar-refractivity contribution in [1.82, 2.24) is 25.9 Å². The molecule has 4 aromatic rings. The summed E-state index contributed by atoms with van der Waals surface area (Å²) in [7, 11) is 0. The molecule has 0 radical (unpaired) electrons. The molecule has 9 nitrogen and oxygen atoms in total. The van der Waals surface area contributed by atoms with E-state index in [-0.39, 0.29) is 40.4 Å². The summed E-state index contributed by atoms with van der Waals surface area (Å²) in [6.45, 7) is 7.11. The Hall–Kier alpha value is -4.70. The molecule has 0 bridgehead atoms. The predicted octanol–water partition coefficient (Wildman–Crippen LogP) is 4.28. The van der Waals surface area contributed by atoms with E-state index in [9.17, 15) is 19.5 Å². The Kier molecular flexibility index (Phi) is 8.50. The van der Waals surface area contributed by atoms with E-state index in [0.717, 1.165) is 13.0 Å². The third-order valence-corrected chi connectivity index (χ3v) is 7.60. The van der Waals surface area contributed by atoms with Crippen molar-refractivity contribution in [1.29, 1.82) is 0 Å². The maximum Gasteiger partial charge on any atom is 0.251 e. The molecule has 222 valence electrons. The predicted molar refractivity (Wildman–Crippen MR) is 161 cm³/mol. The molecule has 0 aliphatic carbocycles. The van der Waals surface area contributed by atoms with Crippen molar-refractivity contribution >= 4 is 28.5 Å². The van der Waals surface area contributed by atoms with Gasteiger partial charge in [-0.1, -0.05) is 39.0 Å². The summed E-state index contributed by atoms with van der Waals surface area (Å²) in [4.78, 5) is 47.7. The topological polar surface area (TPSA) is 133 Å². The van der Waals surface area contributed by atoms with Crippen LogP contribution < -0.4 is 16.0 Å². The highest BCUT2D eigenvalue weighted by atomic mass is 19.1. The van der Waals surface area contributed by atoms with Gasteiger partial charge < -0.3 is 21.1 Å². The molecular formula is C33H34FN5O4. The van der Waals surface area contributed by atoms with Crippen LogP contribution in [0.4, 0.5) is 4.39 Å². The first-order valence-corrected chi connectivity index (χ1v) is 14.2. The van der Waals surface area contributed by atoms with Gasteiger partial charge in [-0.3, -0.25) is 19.4 Å². The molecule has 0 unspecified atom stereocenters. The van der Waals surface area contributed by atoms with Crippen LogP contribution in [-0.2, 0) is 5.41 Å². The average Bonchev–Trinajstić information content (AvgIpc) is 3.21. The molecular weight excluding hydrogens is 549 g/mol. The van der Waals surface area contributed by atoms with Crippen molar-refractivity contribution in [3.05, 3.63) is 101 Å². The second-order valence-electron chi connectivity index (χ2n) is 11.8. The highest BCUT2D eigenvalue weighted by Crippen LogP contribution is 2.32. The fourth-order valence-corrected chi connectivity index (χ4v) is 5.14. The summed E-state index contributed by atoms with van der Waals surface area (Å²) >= 11 is 0. The Morgan fingerprint density at radius 2 is 1.53 bits per heavy atom. The number of aromatic nitrogens is 2. The number of hydrogen-bond acceptors (Lipinski definition) is 7. The van der Waals surface area contributed by atoms with Gasteiger partial charge in [0.05, 0.1) is 12.1 Å². The first-order chi connectivity index (χ1) is 20.5. The number of amides is 2. The van der Waals surface area contributed by atoms with Gasteiger partial charge in [0.1, 0.15) is 16.8 Å². The van der Waals surface area contributed by atoms with Crippen LogP contribution in [0.1, 0.15) is 75.9 Å². The van der Waals surface area contributed by atoms with E-state index < -0.39 is 22.9 Å². The Balaban J connectivity index is 1.33. The number of nitrogens with one attached hydrogen (secondary N) is 3. The summed E-state index contributed by atoms with van der Waals surface area (Å²) in [6, 6.07) is 13.2. The smallest absolute Gasteiger partial charge is 0.251 e. The number of nitrogens with zero attached hydrogens (tertiary/aromatic N) is 2. The van der Waals surface area contributed by atoms with Gasteiger partial charge in [0, 0.05) is 52.1 Å². The standard InChI is InChI=1S/C33H34FN5O4/c1-33(2,3)26-11-10-22-17-25(40)27(28(34)29(22)39-26)30(41)19-6-8-20(9-7-19)31(42)37-23-5-4-14-36-18-24(23)38-32(43)21-12-15-35-16-13-21/h6-13,15-17,23-24,36,40H,4-5,14,18H2,1-3H3,(H,37,42)(H,38,43)/t23-,24-/m1/s1. The molecule has 2 amide bonds. The van der Waals surface area contributed by atoms with Crippen molar-refractivity contribution in [2.75, 3.05) is 13.1 Å². The van der Waals surface area contributed by atoms with E-state index in [2.05, 4.69) is 25.9 Å². The maximum atomic E-state index is 15.6. The molecule has 2 aromatic carbocycles. The number of carbonyl (C=O) groups is 3. The van der Waals surface area contributed by atoms with Crippen molar-refractivity contribution in [3.63, 3.8) is 0 Å².